The lowest BCUT2D eigenvalue weighted by atomic mass is 9.75. The fraction of sp³-hybridized carbons (Fsp3) is 0.300. The van der Waals surface area contributed by atoms with E-state index in [9.17, 15) is 4.79 Å². The molecule has 5 aromatic rings. The molecule has 2 amide bonds. The Morgan fingerprint density at radius 1 is 0.939 bits per heavy atom. The first-order chi connectivity index (χ1) is 23.7. The number of amides is 2. The van der Waals surface area contributed by atoms with Gasteiger partial charge < -0.3 is 10.1 Å². The van der Waals surface area contributed by atoms with E-state index in [4.69, 9.17) is 9.10 Å². The molecule has 2 aliphatic carbocycles. The van der Waals surface area contributed by atoms with Crippen LogP contribution in [0.25, 0.3) is 0 Å². The van der Waals surface area contributed by atoms with Gasteiger partial charge >= 0.3 is 6.03 Å². The fourth-order valence-electron chi connectivity index (χ4n) is 7.80. The van der Waals surface area contributed by atoms with Gasteiger partial charge in [-0.2, -0.15) is 9.46 Å². The van der Waals surface area contributed by atoms with Crippen molar-refractivity contribution in [2.45, 2.75) is 69.4 Å². The molecule has 0 radical (unpaired) electrons. The van der Waals surface area contributed by atoms with Gasteiger partial charge in [-0.3, -0.25) is 0 Å². The number of rotatable bonds is 7. The number of anilines is 1. The molecular formula is C40H41N5O3S. The molecule has 250 valence electrons. The van der Waals surface area contributed by atoms with E-state index in [2.05, 4.69) is 42.0 Å². The standard InChI is InChI=1S/C40H41N5O3S/c1-27-22-29-23-28-14-13-21-33(28)36(35(27)29)42-38(46)43-49(47,34-24-41-45-25-39(2,3)26-48-37(34)45)44-40(30-15-7-4-8-16-30,31-17-9-5-10-18-31)32-19-11-6-12-20-32/h4-12,15-20,23-24,27H,13-14,21-22,25-26H2,1-3H3,(H2,42,43,44,46,47)/t27-,49-/m1/s1. The summed E-state index contributed by atoms with van der Waals surface area (Å²) >= 11 is 0. The Bertz CT molecular complexity index is 2070. The summed E-state index contributed by atoms with van der Waals surface area (Å²) in [7, 11) is -3.80. The highest BCUT2D eigenvalue weighted by Gasteiger charge is 2.41. The van der Waals surface area contributed by atoms with Crippen molar-refractivity contribution in [1.29, 1.82) is 0 Å². The maximum atomic E-state index is 16.0. The smallest absolute Gasteiger partial charge is 0.331 e. The first-order valence-electron chi connectivity index (χ1n) is 17.1. The predicted molar refractivity (Wildman–Crippen MR) is 192 cm³/mol. The van der Waals surface area contributed by atoms with E-state index in [1.165, 1.54) is 22.3 Å². The lowest BCUT2D eigenvalue weighted by molar-refractivity contribution is 0.0971. The number of carbonyl (C=O) groups is 1. The molecule has 0 saturated heterocycles. The third-order valence-electron chi connectivity index (χ3n) is 10.1. The summed E-state index contributed by atoms with van der Waals surface area (Å²) in [6.45, 7) is 7.38. The number of ether oxygens (including phenoxy) is 1. The molecule has 49 heavy (non-hydrogen) atoms. The summed E-state index contributed by atoms with van der Waals surface area (Å²) in [4.78, 5) is 14.6. The molecule has 4 aromatic carbocycles. The Labute approximate surface area is 288 Å². The predicted octanol–water partition coefficient (Wildman–Crippen LogP) is 8.01. The van der Waals surface area contributed by atoms with Crippen LogP contribution < -0.4 is 14.8 Å². The molecule has 2 N–H and O–H groups in total. The molecule has 8 rings (SSSR count). The molecule has 9 heteroatoms. The number of benzene rings is 4. The lowest BCUT2D eigenvalue weighted by Gasteiger charge is -2.34. The van der Waals surface area contributed by atoms with Gasteiger partial charge in [0.25, 0.3) is 0 Å². The molecule has 8 nitrogen and oxygen atoms in total. The van der Waals surface area contributed by atoms with Crippen molar-refractivity contribution in [1.82, 2.24) is 14.5 Å². The highest BCUT2D eigenvalue weighted by atomic mass is 32.2. The summed E-state index contributed by atoms with van der Waals surface area (Å²) in [6, 6.07) is 31.3. The van der Waals surface area contributed by atoms with Gasteiger partial charge in [-0.1, -0.05) is 118 Å². The number of aromatic nitrogens is 2. The molecule has 1 aromatic heterocycles. The maximum Gasteiger partial charge on any atom is 0.331 e. The van der Waals surface area contributed by atoms with Crippen LogP contribution in [-0.2, 0) is 41.3 Å². The van der Waals surface area contributed by atoms with Gasteiger partial charge in [-0.05, 0) is 70.5 Å². The average molecular weight is 672 g/mol. The van der Waals surface area contributed by atoms with Crippen LogP contribution in [0.3, 0.4) is 0 Å². The molecule has 1 aliphatic heterocycles. The van der Waals surface area contributed by atoms with Crippen molar-refractivity contribution in [2.75, 3.05) is 11.9 Å². The second kappa shape index (κ2) is 11.9. The Morgan fingerprint density at radius 2 is 1.55 bits per heavy atom. The monoisotopic (exact) mass is 671 g/mol. The highest BCUT2D eigenvalue weighted by molar-refractivity contribution is 7.92. The fourth-order valence-corrected chi connectivity index (χ4v) is 9.65. The first-order valence-corrected chi connectivity index (χ1v) is 18.6. The van der Waals surface area contributed by atoms with Gasteiger partial charge in [0.2, 0.25) is 5.88 Å². The molecule has 0 fully saturated rings. The second-order valence-electron chi connectivity index (χ2n) is 14.3. The van der Waals surface area contributed by atoms with E-state index in [-0.39, 0.29) is 10.3 Å². The quantitative estimate of drug-likeness (QED) is 0.171. The molecule has 0 unspecified atom stereocenters. The Kier molecular flexibility index (Phi) is 7.63. The highest BCUT2D eigenvalue weighted by Crippen LogP contribution is 2.47. The van der Waals surface area contributed by atoms with E-state index in [1.807, 2.05) is 91.0 Å². The normalized spacial score (nSPS) is 18.5. The van der Waals surface area contributed by atoms with Crippen molar-refractivity contribution < 1.29 is 13.7 Å². The Morgan fingerprint density at radius 3 is 2.14 bits per heavy atom. The van der Waals surface area contributed by atoms with Gasteiger partial charge in [0.15, 0.2) is 9.92 Å². The molecule has 0 saturated carbocycles. The molecular weight excluding hydrogens is 631 g/mol. The van der Waals surface area contributed by atoms with Gasteiger partial charge in [0.1, 0.15) is 10.4 Å². The van der Waals surface area contributed by atoms with E-state index >= 15 is 4.21 Å². The minimum atomic E-state index is -3.80. The van der Waals surface area contributed by atoms with Crippen LogP contribution in [0.2, 0.25) is 0 Å². The number of aryl methyl sites for hydroxylation is 1. The van der Waals surface area contributed by atoms with Crippen molar-refractivity contribution in [3.8, 4) is 5.88 Å². The summed E-state index contributed by atoms with van der Waals surface area (Å²) < 4.78 is 32.4. The maximum absolute atomic E-state index is 16.0. The largest absolute Gasteiger partial charge is 0.476 e. The molecule has 0 bridgehead atoms. The van der Waals surface area contributed by atoms with Crippen LogP contribution in [-0.4, -0.2) is 26.6 Å². The van der Waals surface area contributed by atoms with Crippen LogP contribution in [0.4, 0.5) is 10.5 Å². The summed E-state index contributed by atoms with van der Waals surface area (Å²) in [5.74, 6) is 0.696. The minimum Gasteiger partial charge on any atom is -0.476 e. The van der Waals surface area contributed by atoms with E-state index < -0.39 is 21.5 Å². The molecule has 2 atom stereocenters. The zero-order valence-corrected chi connectivity index (χ0v) is 28.9. The average Bonchev–Trinajstić information content (AvgIpc) is 3.75. The van der Waals surface area contributed by atoms with Gasteiger partial charge in [-0.15, -0.1) is 0 Å². The number of nitrogens with one attached hydrogen (secondary N) is 2. The number of fused-ring (bicyclic) bond motifs is 3. The van der Waals surface area contributed by atoms with Crippen molar-refractivity contribution in [3.63, 3.8) is 0 Å². The Balaban J connectivity index is 1.35. The third-order valence-corrected chi connectivity index (χ3v) is 12.0. The van der Waals surface area contributed by atoms with Gasteiger partial charge in [0, 0.05) is 11.1 Å². The number of urea groups is 1. The lowest BCUT2D eigenvalue weighted by Crippen LogP contribution is -2.39. The van der Waals surface area contributed by atoms with Crippen LogP contribution in [0.15, 0.2) is 113 Å². The topological polar surface area (TPSA) is 97.6 Å². The third kappa shape index (κ3) is 5.40. The van der Waals surface area contributed by atoms with Crippen LogP contribution in [0.1, 0.15) is 72.1 Å². The summed E-state index contributed by atoms with van der Waals surface area (Å²) in [6.07, 6.45) is 5.51. The van der Waals surface area contributed by atoms with Crippen molar-refractivity contribution in [3.05, 3.63) is 142 Å². The first kappa shape index (κ1) is 31.4. The zero-order chi connectivity index (χ0) is 33.8. The summed E-state index contributed by atoms with van der Waals surface area (Å²) in [5.41, 5.74) is 6.78. The second-order valence-corrected chi connectivity index (χ2v) is 16.2. The number of hydrogen-bond acceptors (Lipinski definition) is 5. The SMILES string of the molecule is C[C@@H]1Cc2cc3c(c(NC(=O)N[S@@](=O)(=NC(c4ccccc4)(c4ccccc4)c4ccccc4)c4cnn5c4OCC(C)(C)C5)c21)CCC3. The number of nitrogens with zero attached hydrogens (tertiary/aromatic N) is 3. The van der Waals surface area contributed by atoms with Crippen LogP contribution in [0, 0.1) is 5.41 Å². The number of carbonyl (C=O) groups excluding carboxylic acids is 1. The molecule has 3 aliphatic rings. The van der Waals surface area contributed by atoms with E-state index in [0.717, 1.165) is 48.1 Å². The van der Waals surface area contributed by atoms with Crippen LogP contribution >= 0.6 is 0 Å². The number of hydrogen-bond donors (Lipinski definition) is 2. The van der Waals surface area contributed by atoms with Crippen LogP contribution in [0.5, 0.6) is 5.88 Å². The molecule has 2 heterocycles. The minimum absolute atomic E-state index is 0.173. The van der Waals surface area contributed by atoms with Gasteiger partial charge in [0.05, 0.1) is 19.3 Å². The van der Waals surface area contributed by atoms with Crippen molar-refractivity contribution >= 4 is 21.6 Å². The molecule has 0 spiro atoms. The van der Waals surface area contributed by atoms with Gasteiger partial charge in [-0.25, -0.2) is 18.4 Å². The van der Waals surface area contributed by atoms with E-state index in [1.54, 1.807) is 10.9 Å². The Hall–Kier alpha value is -4.89. The zero-order valence-electron chi connectivity index (χ0n) is 28.1. The van der Waals surface area contributed by atoms with Crippen molar-refractivity contribution in [2.24, 2.45) is 9.78 Å². The van der Waals surface area contributed by atoms with E-state index in [0.29, 0.717) is 24.9 Å². The summed E-state index contributed by atoms with van der Waals surface area (Å²) in [5, 5.41) is 7.82.